The van der Waals surface area contributed by atoms with Crippen LogP contribution in [0, 0.1) is 0 Å². The lowest BCUT2D eigenvalue weighted by Crippen LogP contribution is -2.14. The molecule has 2 nitrogen and oxygen atoms in total. The standard InChI is InChI=1S/C9H4ClF6NO/c10-7(17-18)5-2-1-4(8(11,12)13)3-6(5)9(14,15)16/h1-3,18H. The van der Waals surface area contributed by atoms with Crippen molar-refractivity contribution in [3.05, 3.63) is 34.9 Å². The Balaban J connectivity index is 3.50. The number of oxime groups is 1. The van der Waals surface area contributed by atoms with Crippen molar-refractivity contribution in [1.82, 2.24) is 0 Å². The van der Waals surface area contributed by atoms with Crippen LogP contribution < -0.4 is 0 Å². The molecule has 0 spiro atoms. The van der Waals surface area contributed by atoms with E-state index in [4.69, 9.17) is 16.8 Å². The van der Waals surface area contributed by atoms with Gasteiger partial charge in [-0.3, -0.25) is 0 Å². The lowest BCUT2D eigenvalue weighted by molar-refractivity contribution is -0.143. The maximum absolute atomic E-state index is 12.6. The third-order valence-corrected chi connectivity index (χ3v) is 2.24. The minimum atomic E-state index is -5.05. The van der Waals surface area contributed by atoms with Crippen molar-refractivity contribution >= 4 is 16.8 Å². The highest BCUT2D eigenvalue weighted by Gasteiger charge is 2.38. The average Bonchev–Trinajstić information content (AvgIpc) is 2.24. The van der Waals surface area contributed by atoms with Crippen LogP contribution in [-0.2, 0) is 12.4 Å². The SMILES string of the molecule is ON=C(Cl)c1ccc(C(F)(F)F)cc1C(F)(F)F. The average molecular weight is 292 g/mol. The number of rotatable bonds is 1. The molecule has 0 fully saturated rings. The Kier molecular flexibility index (Phi) is 3.80. The molecule has 1 aromatic rings. The van der Waals surface area contributed by atoms with E-state index < -0.39 is 34.2 Å². The molecule has 0 bridgehead atoms. The fourth-order valence-electron chi connectivity index (χ4n) is 1.19. The van der Waals surface area contributed by atoms with Gasteiger partial charge in [0, 0.05) is 5.56 Å². The fraction of sp³-hybridized carbons (Fsp3) is 0.222. The van der Waals surface area contributed by atoms with Gasteiger partial charge in [0.25, 0.3) is 0 Å². The van der Waals surface area contributed by atoms with E-state index in [0.717, 1.165) is 0 Å². The van der Waals surface area contributed by atoms with Crippen LogP contribution in [0.5, 0.6) is 0 Å². The Morgan fingerprint density at radius 2 is 1.61 bits per heavy atom. The molecule has 0 saturated heterocycles. The Morgan fingerprint density at radius 3 is 2.00 bits per heavy atom. The molecule has 0 aromatic heterocycles. The van der Waals surface area contributed by atoms with Crippen LogP contribution in [0.4, 0.5) is 26.3 Å². The number of hydrogen-bond acceptors (Lipinski definition) is 2. The monoisotopic (exact) mass is 291 g/mol. The van der Waals surface area contributed by atoms with Crippen molar-refractivity contribution in [3.63, 3.8) is 0 Å². The number of halogens is 7. The second-order valence-electron chi connectivity index (χ2n) is 3.15. The summed E-state index contributed by atoms with van der Waals surface area (Å²) >= 11 is 5.19. The van der Waals surface area contributed by atoms with Crippen LogP contribution in [-0.4, -0.2) is 10.4 Å². The van der Waals surface area contributed by atoms with Crippen LogP contribution in [0.15, 0.2) is 23.4 Å². The van der Waals surface area contributed by atoms with E-state index in [-0.39, 0.29) is 6.07 Å². The van der Waals surface area contributed by atoms with Crippen molar-refractivity contribution in [3.8, 4) is 0 Å². The van der Waals surface area contributed by atoms with E-state index >= 15 is 0 Å². The van der Waals surface area contributed by atoms with Gasteiger partial charge in [0.05, 0.1) is 11.1 Å². The van der Waals surface area contributed by atoms with E-state index in [2.05, 4.69) is 5.16 Å². The third-order valence-electron chi connectivity index (χ3n) is 1.96. The quantitative estimate of drug-likeness (QED) is 0.359. The summed E-state index contributed by atoms with van der Waals surface area (Å²) < 4.78 is 74.5. The van der Waals surface area contributed by atoms with Crippen LogP contribution in [0.25, 0.3) is 0 Å². The predicted molar refractivity (Wildman–Crippen MR) is 50.6 cm³/mol. The Labute approximate surface area is 101 Å². The minimum Gasteiger partial charge on any atom is -0.410 e. The first kappa shape index (κ1) is 14.6. The van der Waals surface area contributed by atoms with Crippen molar-refractivity contribution in [2.45, 2.75) is 12.4 Å². The molecular formula is C9H4ClF6NO. The summed E-state index contributed by atoms with van der Waals surface area (Å²) in [6.45, 7) is 0. The van der Waals surface area contributed by atoms with Crippen LogP contribution in [0.3, 0.4) is 0 Å². The minimum absolute atomic E-state index is 0.0944. The zero-order valence-electron chi connectivity index (χ0n) is 8.27. The number of hydrogen-bond donors (Lipinski definition) is 1. The van der Waals surface area contributed by atoms with Crippen molar-refractivity contribution in [2.24, 2.45) is 5.16 Å². The topological polar surface area (TPSA) is 32.6 Å². The Bertz CT molecular complexity index is 479. The molecule has 0 heterocycles. The first-order chi connectivity index (χ1) is 8.07. The summed E-state index contributed by atoms with van der Waals surface area (Å²) in [5, 5.41) is 9.65. The van der Waals surface area contributed by atoms with E-state index in [1.165, 1.54) is 0 Å². The normalized spacial score (nSPS) is 13.8. The van der Waals surface area contributed by atoms with E-state index in [1.54, 1.807) is 0 Å². The summed E-state index contributed by atoms with van der Waals surface area (Å²) in [5.41, 5.74) is -3.93. The molecule has 0 amide bonds. The second-order valence-corrected chi connectivity index (χ2v) is 3.50. The molecule has 0 aliphatic carbocycles. The molecule has 0 aliphatic rings. The molecule has 0 aliphatic heterocycles. The lowest BCUT2D eigenvalue weighted by Gasteiger charge is -2.14. The lowest BCUT2D eigenvalue weighted by atomic mass is 10.0. The maximum atomic E-state index is 12.6. The first-order valence-corrected chi connectivity index (χ1v) is 4.61. The van der Waals surface area contributed by atoms with Crippen LogP contribution >= 0.6 is 11.6 Å². The van der Waals surface area contributed by atoms with Gasteiger partial charge in [-0.2, -0.15) is 26.3 Å². The maximum Gasteiger partial charge on any atom is 0.417 e. The molecule has 1 rings (SSSR count). The summed E-state index contributed by atoms with van der Waals surface area (Å²) in [6.07, 6.45) is -9.97. The summed E-state index contributed by atoms with van der Waals surface area (Å²) in [5.74, 6) is 0. The fourth-order valence-corrected chi connectivity index (χ4v) is 1.35. The zero-order chi connectivity index (χ0) is 14.1. The smallest absolute Gasteiger partial charge is 0.410 e. The van der Waals surface area contributed by atoms with Gasteiger partial charge < -0.3 is 5.21 Å². The summed E-state index contributed by atoms with van der Waals surface area (Å²) in [6, 6.07) is 0.814. The molecule has 100 valence electrons. The van der Waals surface area contributed by atoms with Crippen molar-refractivity contribution in [1.29, 1.82) is 0 Å². The highest BCUT2D eigenvalue weighted by Crippen LogP contribution is 2.37. The predicted octanol–water partition coefficient (Wildman–Crippen LogP) is 4.10. The van der Waals surface area contributed by atoms with Gasteiger partial charge in [-0.25, -0.2) is 0 Å². The van der Waals surface area contributed by atoms with Gasteiger partial charge in [0.2, 0.25) is 0 Å². The molecule has 0 atom stereocenters. The van der Waals surface area contributed by atoms with Gasteiger partial charge >= 0.3 is 12.4 Å². The van der Waals surface area contributed by atoms with Crippen LogP contribution in [0.1, 0.15) is 16.7 Å². The number of alkyl halides is 6. The first-order valence-electron chi connectivity index (χ1n) is 4.23. The summed E-state index contributed by atoms with van der Waals surface area (Å²) in [4.78, 5) is 0. The van der Waals surface area contributed by atoms with Gasteiger partial charge in [-0.05, 0) is 12.1 Å². The highest BCUT2D eigenvalue weighted by molar-refractivity contribution is 6.69. The van der Waals surface area contributed by atoms with E-state index in [0.29, 0.717) is 12.1 Å². The molecule has 0 saturated carbocycles. The number of nitrogens with zero attached hydrogens (tertiary/aromatic N) is 1. The van der Waals surface area contributed by atoms with Gasteiger partial charge in [0.1, 0.15) is 0 Å². The zero-order valence-corrected chi connectivity index (χ0v) is 9.03. The van der Waals surface area contributed by atoms with E-state index in [9.17, 15) is 26.3 Å². The molecule has 18 heavy (non-hydrogen) atoms. The van der Waals surface area contributed by atoms with Crippen molar-refractivity contribution < 1.29 is 31.5 Å². The summed E-state index contributed by atoms with van der Waals surface area (Å²) in [7, 11) is 0. The molecule has 1 aromatic carbocycles. The molecule has 1 N–H and O–H groups in total. The Morgan fingerprint density at radius 1 is 1.06 bits per heavy atom. The second kappa shape index (κ2) is 4.68. The van der Waals surface area contributed by atoms with Crippen molar-refractivity contribution in [2.75, 3.05) is 0 Å². The number of benzene rings is 1. The molecule has 0 radical (unpaired) electrons. The van der Waals surface area contributed by atoms with Gasteiger partial charge in [-0.15, -0.1) is 0 Å². The largest absolute Gasteiger partial charge is 0.417 e. The third kappa shape index (κ3) is 3.06. The van der Waals surface area contributed by atoms with Gasteiger partial charge in [-0.1, -0.05) is 22.8 Å². The Hall–Kier alpha value is -1.44. The van der Waals surface area contributed by atoms with Crippen LogP contribution in [0.2, 0.25) is 0 Å². The molecule has 0 unspecified atom stereocenters. The highest BCUT2D eigenvalue weighted by atomic mass is 35.5. The van der Waals surface area contributed by atoms with Gasteiger partial charge in [0.15, 0.2) is 5.17 Å². The molecule has 9 heteroatoms. The molecular weight excluding hydrogens is 288 g/mol. The van der Waals surface area contributed by atoms with E-state index in [1.807, 2.05) is 0 Å².